The van der Waals surface area contributed by atoms with Gasteiger partial charge in [0.15, 0.2) is 0 Å². The van der Waals surface area contributed by atoms with Crippen molar-refractivity contribution in [2.24, 2.45) is 10.9 Å². The van der Waals surface area contributed by atoms with Crippen molar-refractivity contribution in [3.8, 4) is 0 Å². The summed E-state index contributed by atoms with van der Waals surface area (Å²) in [5.41, 5.74) is 3.60. The molecule has 1 amide bonds. The van der Waals surface area contributed by atoms with Crippen LogP contribution in [0.1, 0.15) is 37.6 Å². The molecule has 0 bridgehead atoms. The Kier molecular flexibility index (Phi) is 14.5. The number of benzene rings is 2. The van der Waals surface area contributed by atoms with Gasteiger partial charge in [0.05, 0.1) is 22.3 Å². The van der Waals surface area contributed by atoms with Gasteiger partial charge in [-0.1, -0.05) is 79.5 Å². The summed E-state index contributed by atoms with van der Waals surface area (Å²) in [5, 5.41) is 7.12. The van der Waals surface area contributed by atoms with Gasteiger partial charge in [-0.15, -0.1) is 9.24 Å². The van der Waals surface area contributed by atoms with Crippen molar-refractivity contribution in [2.45, 2.75) is 33.2 Å². The molecule has 34 heavy (non-hydrogen) atoms. The number of hydrogen-bond donors (Lipinski definition) is 2. The van der Waals surface area contributed by atoms with E-state index in [9.17, 15) is 9.59 Å². The summed E-state index contributed by atoms with van der Waals surface area (Å²) in [6, 6.07) is 15.4. The number of aldehydes is 1. The summed E-state index contributed by atoms with van der Waals surface area (Å²) in [4.78, 5) is 27.7. The number of nitrogens with one attached hydrogen (secondary N) is 2. The first-order chi connectivity index (χ1) is 16.3. The summed E-state index contributed by atoms with van der Waals surface area (Å²) < 4.78 is 0. The number of nitrogens with zero attached hydrogens (tertiary/aromatic N) is 1. The van der Waals surface area contributed by atoms with Crippen molar-refractivity contribution < 1.29 is 9.59 Å². The van der Waals surface area contributed by atoms with Crippen molar-refractivity contribution in [2.75, 3.05) is 13.2 Å². The minimum Gasteiger partial charge on any atom is -0.357 e. The van der Waals surface area contributed by atoms with Crippen LogP contribution in [0.15, 0.2) is 70.8 Å². The van der Waals surface area contributed by atoms with Gasteiger partial charge in [-0.25, -0.2) is 0 Å². The molecule has 5 nitrogen and oxygen atoms in total. The molecule has 1 radical (unpaired) electrons. The number of carbonyl (C=O) groups is 2. The van der Waals surface area contributed by atoms with E-state index in [0.29, 0.717) is 21.5 Å². The zero-order valence-corrected chi connectivity index (χ0v) is 22.7. The molecule has 0 aromatic heterocycles. The highest BCUT2D eigenvalue weighted by atomic mass is 35.5. The molecular formula is C25H32BCl2N3O2P. The maximum atomic E-state index is 12.1. The van der Waals surface area contributed by atoms with Crippen molar-refractivity contribution in [1.82, 2.24) is 10.6 Å². The third-order valence-electron chi connectivity index (χ3n) is 4.54. The number of amides is 1. The van der Waals surface area contributed by atoms with E-state index in [4.69, 9.17) is 23.2 Å². The fraction of sp³-hybridized carbons (Fsp3) is 0.320. The van der Waals surface area contributed by atoms with E-state index in [0.717, 1.165) is 24.1 Å². The van der Waals surface area contributed by atoms with Crippen LogP contribution in [0.3, 0.4) is 0 Å². The van der Waals surface area contributed by atoms with E-state index >= 15 is 0 Å². The molecule has 0 spiro atoms. The molecule has 2 aromatic carbocycles. The number of halogens is 2. The minimum absolute atomic E-state index is 0.211. The molecule has 2 N–H and O–H groups in total. The lowest BCUT2D eigenvalue weighted by Crippen LogP contribution is -2.39. The van der Waals surface area contributed by atoms with Gasteiger partial charge in [0.1, 0.15) is 12.3 Å². The van der Waals surface area contributed by atoms with Crippen LogP contribution < -0.4 is 10.6 Å². The molecule has 2 unspecified atom stereocenters. The van der Waals surface area contributed by atoms with Crippen molar-refractivity contribution in [3.63, 3.8) is 0 Å². The number of carbonyl (C=O) groups excluding carboxylic acids is 2. The Balaban J connectivity index is 0.000000483. The molecule has 1 heterocycles. The molecule has 0 aliphatic carbocycles. The summed E-state index contributed by atoms with van der Waals surface area (Å²) in [7, 11) is 4.43. The molecule has 1 aliphatic rings. The van der Waals surface area contributed by atoms with E-state index in [1.54, 1.807) is 36.4 Å². The van der Waals surface area contributed by atoms with Gasteiger partial charge in [-0.2, -0.15) is 0 Å². The lowest BCUT2D eigenvalue weighted by atomic mass is 9.67. The van der Waals surface area contributed by atoms with Gasteiger partial charge >= 0.3 is 0 Å². The smallest absolute Gasteiger partial charge is 0.251 e. The summed E-state index contributed by atoms with van der Waals surface area (Å²) >= 11 is 11.2. The predicted octanol–water partition coefficient (Wildman–Crippen LogP) is 5.41. The molecular weight excluding hydrogens is 487 g/mol. The molecule has 0 saturated heterocycles. The number of hydrogen-bond acceptors (Lipinski definition) is 3. The van der Waals surface area contributed by atoms with Crippen molar-refractivity contribution >= 4 is 57.6 Å². The monoisotopic (exact) mass is 518 g/mol. The molecule has 2 aromatic rings. The van der Waals surface area contributed by atoms with Crippen molar-refractivity contribution in [3.05, 3.63) is 81.4 Å². The lowest BCUT2D eigenvalue weighted by molar-refractivity contribution is -0.109. The van der Waals surface area contributed by atoms with Gasteiger partial charge in [-0.05, 0) is 43.5 Å². The van der Waals surface area contributed by atoms with E-state index in [1.807, 2.05) is 39.1 Å². The number of rotatable bonds is 7. The average Bonchev–Trinajstić information content (AvgIpc) is 3.19. The topological polar surface area (TPSA) is 70.6 Å². The predicted molar refractivity (Wildman–Crippen MR) is 149 cm³/mol. The second-order valence-corrected chi connectivity index (χ2v) is 8.55. The summed E-state index contributed by atoms with van der Waals surface area (Å²) in [6.45, 7) is 8.49. The standard InChI is InChI=1S/C18H23BN3O2.C6H4Cl2.CH5P/c1-12(2)9-16-13(3)21-18(19-16)20-10-15(11-23)22-17(24)14-7-5-4-6-8-14;7-5-3-1-2-4-6(5)8;1-2/h4-8,11-12,15H,9-10H2,1-3H3,(H,20,21)(H,22,24);1-4H;2H2,1H3. The van der Waals surface area contributed by atoms with Gasteiger partial charge < -0.3 is 15.4 Å². The fourth-order valence-electron chi connectivity index (χ4n) is 2.92. The largest absolute Gasteiger partial charge is 0.357 e. The van der Waals surface area contributed by atoms with Gasteiger partial charge in [0, 0.05) is 11.3 Å². The third kappa shape index (κ3) is 10.9. The second-order valence-electron chi connectivity index (χ2n) is 7.74. The maximum absolute atomic E-state index is 12.1. The quantitative estimate of drug-likeness (QED) is 0.292. The van der Waals surface area contributed by atoms with E-state index < -0.39 is 6.04 Å². The Morgan fingerprint density at radius 3 is 2.15 bits per heavy atom. The average molecular weight is 519 g/mol. The number of amidine groups is 1. The van der Waals surface area contributed by atoms with Gasteiger partial charge in [0.2, 0.25) is 7.28 Å². The van der Waals surface area contributed by atoms with Crippen LogP contribution in [0.2, 0.25) is 10.0 Å². The first-order valence-corrected chi connectivity index (χ1v) is 12.9. The van der Waals surface area contributed by atoms with E-state index in [2.05, 4.69) is 38.7 Å². The highest BCUT2D eigenvalue weighted by molar-refractivity contribution is 7.15. The SMILES string of the molecule is CC1=C(CC(C)C)[B]C(=NCC(C=O)NC(=O)c2ccccc2)N1.CP.Clc1ccccc1Cl. The Morgan fingerprint density at radius 1 is 1.09 bits per heavy atom. The zero-order chi connectivity index (χ0) is 25.5. The molecule has 0 saturated carbocycles. The molecule has 9 heteroatoms. The van der Waals surface area contributed by atoms with Crippen LogP contribution in [-0.2, 0) is 4.79 Å². The van der Waals surface area contributed by atoms with Crippen LogP contribution in [0.4, 0.5) is 0 Å². The highest BCUT2D eigenvalue weighted by Gasteiger charge is 2.19. The molecule has 3 rings (SSSR count). The minimum atomic E-state index is -0.644. The van der Waals surface area contributed by atoms with Crippen molar-refractivity contribution in [1.29, 1.82) is 0 Å². The number of aliphatic imine (C=N–C) groups is 1. The Morgan fingerprint density at radius 2 is 1.65 bits per heavy atom. The first kappa shape index (κ1) is 29.9. The molecule has 181 valence electrons. The number of allylic oxidation sites excluding steroid dienone is 2. The van der Waals surface area contributed by atoms with Gasteiger partial charge in [0.25, 0.3) is 5.91 Å². The van der Waals surface area contributed by atoms with E-state index in [-0.39, 0.29) is 12.5 Å². The summed E-state index contributed by atoms with van der Waals surface area (Å²) in [5.74, 6) is 0.297. The van der Waals surface area contributed by atoms with Gasteiger partial charge in [-0.3, -0.25) is 9.79 Å². The summed E-state index contributed by atoms with van der Waals surface area (Å²) in [6.07, 6.45) is 1.70. The van der Waals surface area contributed by atoms with Crippen LogP contribution in [0.5, 0.6) is 0 Å². The van der Waals surface area contributed by atoms with Crippen LogP contribution in [-0.4, -0.2) is 44.5 Å². The maximum Gasteiger partial charge on any atom is 0.251 e. The third-order valence-corrected chi connectivity index (χ3v) is 5.29. The zero-order valence-electron chi connectivity index (χ0n) is 20.0. The molecule has 1 aliphatic heterocycles. The molecule has 2 atom stereocenters. The first-order valence-electron chi connectivity index (χ1n) is 10.9. The lowest BCUT2D eigenvalue weighted by Gasteiger charge is -2.11. The highest BCUT2D eigenvalue weighted by Crippen LogP contribution is 2.19. The fourth-order valence-corrected chi connectivity index (χ4v) is 3.19. The van der Waals surface area contributed by atoms with Crippen LogP contribution in [0, 0.1) is 5.92 Å². The molecule has 0 fully saturated rings. The Hall–Kier alpha value is -2.14. The Bertz CT molecular complexity index is 964. The second kappa shape index (κ2) is 16.5. The normalized spacial score (nSPS) is 14.2. The van der Waals surface area contributed by atoms with E-state index in [1.165, 1.54) is 5.47 Å². The van der Waals surface area contributed by atoms with Crippen LogP contribution >= 0.6 is 32.4 Å². The Labute approximate surface area is 216 Å². The van der Waals surface area contributed by atoms with Crippen LogP contribution in [0.25, 0.3) is 0 Å².